The second-order valence-electron chi connectivity index (χ2n) is 3.24. The first kappa shape index (κ1) is 11.2. The number of ether oxygens (including phenoxy) is 1. The lowest BCUT2D eigenvalue weighted by Gasteiger charge is -2.39. The van der Waals surface area contributed by atoms with Crippen molar-refractivity contribution in [1.82, 2.24) is 0 Å². The molecular weight excluding hydrogens is 190 g/mol. The van der Waals surface area contributed by atoms with E-state index in [1.807, 2.05) is 0 Å². The topological polar surface area (TPSA) is 119 Å². The lowest BCUT2D eigenvalue weighted by atomic mass is 9.94. The Labute approximate surface area is 80.6 Å². The van der Waals surface area contributed by atoms with Crippen LogP contribution in [0.1, 0.15) is 6.92 Å². The summed E-state index contributed by atoms with van der Waals surface area (Å²) in [6.07, 6.45) is -3.62. The van der Waals surface area contributed by atoms with Crippen LogP contribution in [0.15, 0.2) is 5.11 Å². The normalized spacial score (nSPS) is 43.0. The average Bonchev–Trinajstić information content (AvgIpc) is 2.18. The zero-order valence-electron chi connectivity index (χ0n) is 7.69. The Hall–Kier alpha value is -0.850. The number of nitrogens with zero attached hydrogens (tertiary/aromatic N) is 3. The molecule has 7 heteroatoms. The largest absolute Gasteiger partial charge is 0.394 e. The van der Waals surface area contributed by atoms with Crippen molar-refractivity contribution in [1.29, 1.82) is 0 Å². The van der Waals surface area contributed by atoms with Gasteiger partial charge in [-0.2, -0.15) is 0 Å². The van der Waals surface area contributed by atoms with Crippen molar-refractivity contribution >= 4 is 0 Å². The van der Waals surface area contributed by atoms with E-state index in [1.54, 1.807) is 6.92 Å². The fourth-order valence-corrected chi connectivity index (χ4v) is 1.48. The van der Waals surface area contributed by atoms with Crippen molar-refractivity contribution in [3.05, 3.63) is 10.4 Å². The SMILES string of the molecule is C[C@@H]1O[C@H](CO)C(O)C(N=[N+]=[N-])C1O. The second kappa shape index (κ2) is 4.59. The summed E-state index contributed by atoms with van der Waals surface area (Å²) in [5.74, 6) is 0. The number of hydrogen-bond donors (Lipinski definition) is 3. The molecule has 1 rings (SSSR count). The third-order valence-corrected chi connectivity index (χ3v) is 2.32. The Bertz CT molecular complexity index is 243. The molecule has 0 saturated carbocycles. The van der Waals surface area contributed by atoms with Crippen molar-refractivity contribution in [3.8, 4) is 0 Å². The number of rotatable bonds is 2. The highest BCUT2D eigenvalue weighted by molar-refractivity contribution is 4.95. The van der Waals surface area contributed by atoms with Crippen LogP contribution >= 0.6 is 0 Å². The molecule has 14 heavy (non-hydrogen) atoms. The van der Waals surface area contributed by atoms with E-state index in [9.17, 15) is 10.2 Å². The number of hydrogen-bond acceptors (Lipinski definition) is 5. The van der Waals surface area contributed by atoms with Gasteiger partial charge in [-0.25, -0.2) is 0 Å². The summed E-state index contributed by atoms with van der Waals surface area (Å²) in [6, 6.07) is -0.971. The molecule has 0 bridgehead atoms. The van der Waals surface area contributed by atoms with Crippen molar-refractivity contribution in [3.63, 3.8) is 0 Å². The lowest BCUT2D eigenvalue weighted by Crippen LogP contribution is -2.56. The quantitative estimate of drug-likeness (QED) is 0.308. The van der Waals surface area contributed by atoms with Crippen LogP contribution in [0.3, 0.4) is 0 Å². The van der Waals surface area contributed by atoms with Crippen molar-refractivity contribution in [2.24, 2.45) is 5.11 Å². The second-order valence-corrected chi connectivity index (χ2v) is 3.24. The smallest absolute Gasteiger partial charge is 0.107 e. The third-order valence-electron chi connectivity index (χ3n) is 2.32. The minimum absolute atomic E-state index is 0.379. The van der Waals surface area contributed by atoms with Gasteiger partial charge >= 0.3 is 0 Å². The Morgan fingerprint density at radius 1 is 1.43 bits per heavy atom. The van der Waals surface area contributed by atoms with E-state index < -0.39 is 30.5 Å². The first-order valence-electron chi connectivity index (χ1n) is 4.28. The van der Waals surface area contributed by atoms with Gasteiger partial charge in [-0.15, -0.1) is 0 Å². The molecule has 1 aliphatic rings. The van der Waals surface area contributed by atoms with E-state index in [-0.39, 0.29) is 6.61 Å². The van der Waals surface area contributed by atoms with Crippen molar-refractivity contribution in [2.45, 2.75) is 37.4 Å². The van der Waals surface area contributed by atoms with Crippen LogP contribution in [0.4, 0.5) is 0 Å². The van der Waals surface area contributed by atoms with E-state index in [0.717, 1.165) is 0 Å². The van der Waals surface area contributed by atoms with Gasteiger partial charge in [-0.05, 0) is 12.5 Å². The summed E-state index contributed by atoms with van der Waals surface area (Å²) in [4.78, 5) is 2.53. The molecule has 5 atom stereocenters. The van der Waals surface area contributed by atoms with Gasteiger partial charge < -0.3 is 20.1 Å². The zero-order valence-corrected chi connectivity index (χ0v) is 7.69. The predicted molar refractivity (Wildman–Crippen MR) is 46.4 cm³/mol. The molecule has 3 unspecified atom stereocenters. The minimum atomic E-state index is -1.18. The van der Waals surface area contributed by atoms with Gasteiger partial charge in [-0.3, -0.25) is 0 Å². The van der Waals surface area contributed by atoms with E-state index >= 15 is 0 Å². The van der Waals surface area contributed by atoms with Crippen LogP contribution in [0.2, 0.25) is 0 Å². The summed E-state index contributed by atoms with van der Waals surface area (Å²) < 4.78 is 5.10. The molecule has 7 nitrogen and oxygen atoms in total. The van der Waals surface area contributed by atoms with Crippen LogP contribution in [0.5, 0.6) is 0 Å². The molecule has 80 valence electrons. The number of aliphatic hydroxyl groups is 3. The van der Waals surface area contributed by atoms with Gasteiger partial charge in [-0.1, -0.05) is 5.11 Å². The van der Waals surface area contributed by atoms with Crippen molar-refractivity contribution < 1.29 is 20.1 Å². The molecule has 1 aliphatic heterocycles. The zero-order chi connectivity index (χ0) is 10.7. The van der Waals surface area contributed by atoms with Crippen LogP contribution < -0.4 is 0 Å². The van der Waals surface area contributed by atoms with E-state index in [0.29, 0.717) is 0 Å². The molecule has 1 heterocycles. The van der Waals surface area contributed by atoms with Crippen LogP contribution in [-0.2, 0) is 4.74 Å². The first-order chi connectivity index (χ1) is 6.61. The summed E-state index contributed by atoms with van der Waals surface area (Å²) in [7, 11) is 0. The van der Waals surface area contributed by atoms with E-state index in [4.69, 9.17) is 15.4 Å². The molecule has 0 aromatic carbocycles. The van der Waals surface area contributed by atoms with Gasteiger partial charge in [0.25, 0.3) is 0 Å². The standard InChI is InChI=1S/C7H13N3O4/c1-3-6(12)5(9-10-8)7(13)4(2-11)14-3/h3-7,11-13H,2H2,1H3/t3-,4+,5?,6?,7?/m0/s1. The van der Waals surface area contributed by atoms with Crippen LogP contribution in [0, 0.1) is 0 Å². The lowest BCUT2D eigenvalue weighted by molar-refractivity contribution is -0.182. The number of azide groups is 1. The molecule has 0 spiro atoms. The third kappa shape index (κ3) is 1.97. The van der Waals surface area contributed by atoms with Gasteiger partial charge in [0.1, 0.15) is 6.10 Å². The maximum Gasteiger partial charge on any atom is 0.107 e. The Balaban J connectivity index is 2.82. The predicted octanol–water partition coefficient (Wildman–Crippen LogP) is -0.833. The molecule has 0 aromatic heterocycles. The minimum Gasteiger partial charge on any atom is -0.394 e. The molecule has 0 radical (unpaired) electrons. The summed E-state index contributed by atoms with van der Waals surface area (Å²) in [5.41, 5.74) is 8.23. The highest BCUT2D eigenvalue weighted by Gasteiger charge is 2.41. The Kier molecular flexibility index (Phi) is 3.68. The fraction of sp³-hybridized carbons (Fsp3) is 1.00. The van der Waals surface area contributed by atoms with Gasteiger partial charge in [0.2, 0.25) is 0 Å². The summed E-state index contributed by atoms with van der Waals surface area (Å²) >= 11 is 0. The van der Waals surface area contributed by atoms with E-state index in [2.05, 4.69) is 10.0 Å². The first-order valence-corrected chi connectivity index (χ1v) is 4.28. The van der Waals surface area contributed by atoms with Gasteiger partial charge in [0, 0.05) is 4.91 Å². The molecule has 0 amide bonds. The van der Waals surface area contributed by atoms with Gasteiger partial charge in [0.05, 0.1) is 31.0 Å². The summed E-state index contributed by atoms with van der Waals surface area (Å²) in [6.45, 7) is 1.20. The molecule has 1 saturated heterocycles. The molecule has 0 aliphatic carbocycles. The Morgan fingerprint density at radius 2 is 2.07 bits per heavy atom. The summed E-state index contributed by atoms with van der Waals surface area (Å²) in [5, 5.41) is 31.2. The molecule has 1 fully saturated rings. The van der Waals surface area contributed by atoms with Gasteiger partial charge in [0.15, 0.2) is 0 Å². The monoisotopic (exact) mass is 203 g/mol. The molecule has 0 aromatic rings. The molecule has 3 N–H and O–H groups in total. The fourth-order valence-electron chi connectivity index (χ4n) is 1.48. The maximum atomic E-state index is 9.54. The average molecular weight is 203 g/mol. The van der Waals surface area contributed by atoms with Crippen LogP contribution in [-0.4, -0.2) is 52.4 Å². The van der Waals surface area contributed by atoms with Crippen molar-refractivity contribution in [2.75, 3.05) is 6.61 Å². The number of aliphatic hydroxyl groups excluding tert-OH is 3. The highest BCUT2D eigenvalue weighted by atomic mass is 16.5. The highest BCUT2D eigenvalue weighted by Crippen LogP contribution is 2.23. The Morgan fingerprint density at radius 3 is 2.57 bits per heavy atom. The molecular formula is C7H13N3O4. The van der Waals surface area contributed by atoms with Crippen LogP contribution in [0.25, 0.3) is 10.4 Å². The maximum absolute atomic E-state index is 9.54. The van der Waals surface area contributed by atoms with E-state index in [1.165, 1.54) is 0 Å².